The maximum atomic E-state index is 4.70. The fraction of sp³-hybridized carbons (Fsp3) is 0.500. The lowest BCUT2D eigenvalue weighted by molar-refractivity contribution is 0.503. The summed E-state index contributed by atoms with van der Waals surface area (Å²) in [4.78, 5) is 4.70. The summed E-state index contributed by atoms with van der Waals surface area (Å²) in [6, 6.07) is 6.23. The molecule has 0 fully saturated rings. The summed E-state index contributed by atoms with van der Waals surface area (Å²) >= 11 is 3.64. The van der Waals surface area contributed by atoms with Gasteiger partial charge in [0, 0.05) is 12.2 Å². The van der Waals surface area contributed by atoms with Crippen LogP contribution in [-0.4, -0.2) is 21.3 Å². The Morgan fingerprint density at radius 3 is 2.76 bits per heavy atom. The molecule has 0 aliphatic heterocycles. The van der Waals surface area contributed by atoms with E-state index >= 15 is 0 Å². The zero-order valence-electron chi connectivity index (χ0n) is 12.9. The van der Waals surface area contributed by atoms with Gasteiger partial charge in [-0.05, 0) is 54.4 Å². The number of pyridine rings is 1. The molecule has 0 radical (unpaired) electrons. The van der Waals surface area contributed by atoms with Gasteiger partial charge < -0.3 is 5.32 Å². The molecule has 1 N–H and O–H groups in total. The van der Waals surface area contributed by atoms with E-state index in [0.717, 1.165) is 47.5 Å². The molecule has 0 amide bonds. The summed E-state index contributed by atoms with van der Waals surface area (Å²) in [6.45, 7) is 8.23. The molecule has 1 unspecified atom stereocenters. The van der Waals surface area contributed by atoms with Gasteiger partial charge in [0.05, 0.1) is 28.1 Å². The number of halogens is 1. The number of rotatable bonds is 7. The van der Waals surface area contributed by atoms with Crippen molar-refractivity contribution >= 4 is 15.9 Å². The number of nitrogens with zero attached hydrogens (tertiary/aromatic N) is 3. The average molecular weight is 351 g/mol. The molecule has 114 valence electrons. The highest BCUT2D eigenvalue weighted by atomic mass is 79.9. The van der Waals surface area contributed by atoms with Gasteiger partial charge in [0.25, 0.3) is 0 Å². The third kappa shape index (κ3) is 3.92. The first-order valence-electron chi connectivity index (χ1n) is 7.55. The van der Waals surface area contributed by atoms with Crippen LogP contribution in [-0.2, 0) is 6.54 Å². The van der Waals surface area contributed by atoms with Crippen molar-refractivity contribution in [3.8, 4) is 0 Å². The number of hydrogen-bond acceptors (Lipinski definition) is 3. The van der Waals surface area contributed by atoms with Crippen LogP contribution in [0.5, 0.6) is 0 Å². The van der Waals surface area contributed by atoms with Gasteiger partial charge in [-0.2, -0.15) is 5.10 Å². The molecule has 2 heterocycles. The van der Waals surface area contributed by atoms with Crippen molar-refractivity contribution in [2.45, 2.75) is 46.2 Å². The summed E-state index contributed by atoms with van der Waals surface area (Å²) in [5.41, 5.74) is 3.24. The molecule has 2 rings (SSSR count). The second kappa shape index (κ2) is 7.71. The predicted octanol–water partition coefficient (Wildman–Crippen LogP) is 3.85. The van der Waals surface area contributed by atoms with E-state index in [4.69, 9.17) is 4.98 Å². The fourth-order valence-electron chi connectivity index (χ4n) is 2.40. The van der Waals surface area contributed by atoms with E-state index in [1.54, 1.807) is 0 Å². The molecule has 0 aliphatic carbocycles. The Morgan fingerprint density at radius 2 is 2.10 bits per heavy atom. The van der Waals surface area contributed by atoms with Crippen molar-refractivity contribution in [1.82, 2.24) is 20.1 Å². The van der Waals surface area contributed by atoms with Crippen LogP contribution >= 0.6 is 15.9 Å². The second-order valence-corrected chi connectivity index (χ2v) is 6.05. The molecule has 0 aromatic carbocycles. The summed E-state index contributed by atoms with van der Waals surface area (Å²) in [7, 11) is 0. The largest absolute Gasteiger partial charge is 0.304 e. The van der Waals surface area contributed by atoms with Gasteiger partial charge in [0.1, 0.15) is 0 Å². The molecule has 0 saturated carbocycles. The smallest absolute Gasteiger partial charge is 0.0933 e. The SMILES string of the molecule is CCCNC(c1cccc(C)n1)c1c(Br)cnn1CCC. The van der Waals surface area contributed by atoms with Crippen LogP contribution in [0.4, 0.5) is 0 Å². The first kappa shape index (κ1) is 16.2. The third-order valence-electron chi connectivity index (χ3n) is 3.35. The van der Waals surface area contributed by atoms with E-state index < -0.39 is 0 Å². The Kier molecular flexibility index (Phi) is 5.94. The molecule has 1 atom stereocenters. The van der Waals surface area contributed by atoms with E-state index in [9.17, 15) is 0 Å². The Morgan fingerprint density at radius 1 is 1.29 bits per heavy atom. The molecule has 0 spiro atoms. The van der Waals surface area contributed by atoms with Gasteiger partial charge >= 0.3 is 0 Å². The molecule has 5 heteroatoms. The fourth-order valence-corrected chi connectivity index (χ4v) is 2.93. The minimum Gasteiger partial charge on any atom is -0.304 e. The van der Waals surface area contributed by atoms with E-state index in [0.29, 0.717) is 0 Å². The van der Waals surface area contributed by atoms with Crippen LogP contribution in [0.1, 0.15) is 49.8 Å². The third-order valence-corrected chi connectivity index (χ3v) is 3.96. The molecule has 0 saturated heterocycles. The lowest BCUT2D eigenvalue weighted by Gasteiger charge is -2.20. The van der Waals surface area contributed by atoms with Crippen LogP contribution in [0.2, 0.25) is 0 Å². The lowest BCUT2D eigenvalue weighted by atomic mass is 10.1. The molecule has 21 heavy (non-hydrogen) atoms. The van der Waals surface area contributed by atoms with Gasteiger partial charge in [-0.3, -0.25) is 9.67 Å². The van der Waals surface area contributed by atoms with Crippen molar-refractivity contribution in [2.75, 3.05) is 6.54 Å². The highest BCUT2D eigenvalue weighted by Crippen LogP contribution is 2.28. The Bertz CT molecular complexity index is 579. The Hall–Kier alpha value is -1.20. The lowest BCUT2D eigenvalue weighted by Crippen LogP contribution is -2.27. The quantitative estimate of drug-likeness (QED) is 0.824. The summed E-state index contributed by atoms with van der Waals surface area (Å²) in [5, 5.41) is 8.09. The highest BCUT2D eigenvalue weighted by Gasteiger charge is 2.22. The Balaban J connectivity index is 2.42. The van der Waals surface area contributed by atoms with Crippen LogP contribution in [0, 0.1) is 6.92 Å². The van der Waals surface area contributed by atoms with E-state index in [-0.39, 0.29) is 6.04 Å². The van der Waals surface area contributed by atoms with Crippen LogP contribution in [0.25, 0.3) is 0 Å². The molecule has 2 aromatic heterocycles. The molecule has 0 aliphatic rings. The minimum absolute atomic E-state index is 0.0632. The summed E-state index contributed by atoms with van der Waals surface area (Å²) in [5.74, 6) is 0. The zero-order chi connectivity index (χ0) is 15.2. The van der Waals surface area contributed by atoms with Gasteiger partial charge in [-0.25, -0.2) is 0 Å². The van der Waals surface area contributed by atoms with Crippen molar-refractivity contribution < 1.29 is 0 Å². The number of aryl methyl sites for hydroxylation is 2. The van der Waals surface area contributed by atoms with Gasteiger partial charge in [-0.1, -0.05) is 19.9 Å². The Labute approximate surface area is 135 Å². The predicted molar refractivity (Wildman–Crippen MR) is 89.3 cm³/mol. The van der Waals surface area contributed by atoms with E-state index in [1.165, 1.54) is 0 Å². The highest BCUT2D eigenvalue weighted by molar-refractivity contribution is 9.10. The standard InChI is InChI=1S/C16H23BrN4/c1-4-9-18-15(14-8-6-7-12(3)20-14)16-13(17)11-19-21(16)10-5-2/h6-8,11,15,18H,4-5,9-10H2,1-3H3. The molecular formula is C16H23BrN4. The maximum absolute atomic E-state index is 4.70. The number of hydrogen-bond donors (Lipinski definition) is 1. The van der Waals surface area contributed by atoms with Crippen LogP contribution in [0.3, 0.4) is 0 Å². The number of nitrogens with one attached hydrogen (secondary N) is 1. The van der Waals surface area contributed by atoms with Crippen molar-refractivity contribution in [1.29, 1.82) is 0 Å². The van der Waals surface area contributed by atoms with Crippen molar-refractivity contribution in [2.24, 2.45) is 0 Å². The zero-order valence-corrected chi connectivity index (χ0v) is 14.5. The van der Waals surface area contributed by atoms with Crippen LogP contribution < -0.4 is 5.32 Å². The maximum Gasteiger partial charge on any atom is 0.0933 e. The van der Waals surface area contributed by atoms with Gasteiger partial charge in [0.15, 0.2) is 0 Å². The molecule has 4 nitrogen and oxygen atoms in total. The topological polar surface area (TPSA) is 42.7 Å². The molecule has 0 bridgehead atoms. The van der Waals surface area contributed by atoms with Crippen molar-refractivity contribution in [3.05, 3.63) is 46.0 Å². The van der Waals surface area contributed by atoms with Gasteiger partial charge in [0.2, 0.25) is 0 Å². The van der Waals surface area contributed by atoms with Crippen molar-refractivity contribution in [3.63, 3.8) is 0 Å². The number of aromatic nitrogens is 3. The second-order valence-electron chi connectivity index (χ2n) is 5.19. The normalized spacial score (nSPS) is 12.6. The first-order valence-corrected chi connectivity index (χ1v) is 8.34. The van der Waals surface area contributed by atoms with Crippen LogP contribution in [0.15, 0.2) is 28.9 Å². The summed E-state index contributed by atoms with van der Waals surface area (Å²) in [6.07, 6.45) is 4.02. The first-order chi connectivity index (χ1) is 10.2. The average Bonchev–Trinajstić information content (AvgIpc) is 2.82. The van der Waals surface area contributed by atoms with E-state index in [1.807, 2.05) is 19.2 Å². The monoisotopic (exact) mass is 350 g/mol. The molecule has 2 aromatic rings. The minimum atomic E-state index is 0.0632. The molecular weight excluding hydrogens is 328 g/mol. The summed E-state index contributed by atoms with van der Waals surface area (Å²) < 4.78 is 3.11. The van der Waals surface area contributed by atoms with Gasteiger partial charge in [-0.15, -0.1) is 0 Å². The van der Waals surface area contributed by atoms with E-state index in [2.05, 4.69) is 57.0 Å².